The van der Waals surface area contributed by atoms with Crippen molar-refractivity contribution in [2.75, 3.05) is 5.32 Å². The van der Waals surface area contributed by atoms with Crippen molar-refractivity contribution in [3.05, 3.63) is 48.3 Å². The van der Waals surface area contributed by atoms with E-state index in [4.69, 9.17) is 22.7 Å². The normalized spacial score (nSPS) is 9.78. The van der Waals surface area contributed by atoms with Crippen LogP contribution in [0.25, 0.3) is 0 Å². The van der Waals surface area contributed by atoms with E-state index in [-0.39, 0.29) is 5.11 Å². The lowest BCUT2D eigenvalue weighted by Crippen LogP contribution is -2.19. The topological polar surface area (TPSA) is 73.1 Å². The number of anilines is 1. The molecular formula is C12H12N4OS. The number of nitrogens with one attached hydrogen (secondary N) is 1. The van der Waals surface area contributed by atoms with Gasteiger partial charge in [0.15, 0.2) is 10.9 Å². The van der Waals surface area contributed by atoms with E-state index in [2.05, 4.69) is 15.3 Å². The fourth-order valence-electron chi connectivity index (χ4n) is 1.31. The van der Waals surface area contributed by atoms with E-state index in [1.807, 2.05) is 30.3 Å². The van der Waals surface area contributed by atoms with Crippen molar-refractivity contribution < 1.29 is 4.74 Å². The van der Waals surface area contributed by atoms with Crippen LogP contribution in [-0.4, -0.2) is 15.1 Å². The van der Waals surface area contributed by atoms with Crippen LogP contribution in [0.3, 0.4) is 0 Å². The number of thiocarbonyl (C=S) groups is 1. The Labute approximate surface area is 110 Å². The first-order valence-electron chi connectivity index (χ1n) is 5.29. The number of ether oxygens (including phenoxy) is 1. The fourth-order valence-corrected chi connectivity index (χ4v) is 1.42. The van der Waals surface area contributed by atoms with Gasteiger partial charge >= 0.3 is 0 Å². The van der Waals surface area contributed by atoms with Gasteiger partial charge in [0, 0.05) is 0 Å². The van der Waals surface area contributed by atoms with Gasteiger partial charge in [-0.05, 0) is 17.8 Å². The minimum atomic E-state index is 0.155. The molecule has 0 aliphatic heterocycles. The summed E-state index contributed by atoms with van der Waals surface area (Å²) in [5, 5.41) is 2.84. The molecule has 0 amide bonds. The minimum absolute atomic E-state index is 0.155. The Kier molecular flexibility index (Phi) is 4.03. The first-order chi connectivity index (χ1) is 8.74. The molecule has 18 heavy (non-hydrogen) atoms. The monoisotopic (exact) mass is 260 g/mol. The molecule has 92 valence electrons. The van der Waals surface area contributed by atoms with Gasteiger partial charge in [-0.1, -0.05) is 30.3 Å². The average Bonchev–Trinajstić information content (AvgIpc) is 2.38. The second-order valence-corrected chi connectivity index (χ2v) is 3.94. The molecule has 0 fully saturated rings. The summed E-state index contributed by atoms with van der Waals surface area (Å²) in [5.41, 5.74) is 6.39. The molecule has 0 saturated carbocycles. The number of aromatic nitrogens is 2. The minimum Gasteiger partial charge on any atom is -0.472 e. The highest BCUT2D eigenvalue weighted by molar-refractivity contribution is 7.80. The maximum Gasteiger partial charge on any atom is 0.232 e. The van der Waals surface area contributed by atoms with Crippen LogP contribution in [0.5, 0.6) is 5.88 Å². The molecule has 1 aromatic carbocycles. The lowest BCUT2D eigenvalue weighted by molar-refractivity contribution is 0.292. The highest BCUT2D eigenvalue weighted by atomic mass is 32.1. The molecule has 0 saturated heterocycles. The first-order valence-corrected chi connectivity index (χ1v) is 5.70. The number of rotatable bonds is 4. The lowest BCUT2D eigenvalue weighted by atomic mass is 10.2. The third-order valence-electron chi connectivity index (χ3n) is 2.11. The van der Waals surface area contributed by atoms with Crippen LogP contribution in [0, 0.1) is 0 Å². The van der Waals surface area contributed by atoms with E-state index in [1.165, 1.54) is 12.4 Å². The maximum atomic E-state index is 5.49. The summed E-state index contributed by atoms with van der Waals surface area (Å²) >= 11 is 4.69. The standard InChI is InChI=1S/C12H12N4OS/c13-12(18)16-10-6-15-11(7-14-10)17-8-9-4-2-1-3-5-9/h1-7H,8H2,(H3,13,14,16,18). The lowest BCUT2D eigenvalue weighted by Gasteiger charge is -2.06. The van der Waals surface area contributed by atoms with E-state index in [1.54, 1.807) is 0 Å². The third kappa shape index (κ3) is 3.67. The van der Waals surface area contributed by atoms with E-state index in [0.717, 1.165) is 5.56 Å². The molecule has 6 heteroatoms. The Morgan fingerprint density at radius 2 is 2.00 bits per heavy atom. The van der Waals surface area contributed by atoms with Crippen LogP contribution in [0.15, 0.2) is 42.7 Å². The highest BCUT2D eigenvalue weighted by Gasteiger charge is 1.99. The van der Waals surface area contributed by atoms with Gasteiger partial charge in [0.05, 0.1) is 12.4 Å². The SMILES string of the molecule is NC(=S)Nc1cnc(OCc2ccccc2)cn1. The summed E-state index contributed by atoms with van der Waals surface area (Å²) < 4.78 is 5.49. The predicted octanol–water partition coefficient (Wildman–Crippen LogP) is 1.71. The summed E-state index contributed by atoms with van der Waals surface area (Å²) in [6.45, 7) is 0.456. The van der Waals surface area contributed by atoms with Gasteiger partial charge in [0.1, 0.15) is 6.61 Å². The van der Waals surface area contributed by atoms with Crippen LogP contribution in [0.4, 0.5) is 5.82 Å². The molecule has 0 aliphatic rings. The zero-order valence-corrected chi connectivity index (χ0v) is 10.4. The molecule has 0 spiro atoms. The second-order valence-electron chi connectivity index (χ2n) is 3.50. The summed E-state index contributed by atoms with van der Waals surface area (Å²) in [6, 6.07) is 9.84. The van der Waals surface area contributed by atoms with Crippen molar-refractivity contribution in [2.45, 2.75) is 6.61 Å². The molecule has 0 aliphatic carbocycles. The first kappa shape index (κ1) is 12.3. The van der Waals surface area contributed by atoms with Crippen LogP contribution < -0.4 is 15.8 Å². The van der Waals surface area contributed by atoms with Crippen molar-refractivity contribution in [1.82, 2.24) is 9.97 Å². The molecular weight excluding hydrogens is 248 g/mol. The Bertz CT molecular complexity index is 515. The van der Waals surface area contributed by atoms with E-state index in [9.17, 15) is 0 Å². The molecule has 2 rings (SSSR count). The van der Waals surface area contributed by atoms with Crippen molar-refractivity contribution in [2.24, 2.45) is 5.73 Å². The van der Waals surface area contributed by atoms with Crippen LogP contribution in [0.2, 0.25) is 0 Å². The van der Waals surface area contributed by atoms with Gasteiger partial charge in [-0.3, -0.25) is 0 Å². The van der Waals surface area contributed by atoms with Crippen molar-refractivity contribution in [3.63, 3.8) is 0 Å². The number of hydrogen-bond donors (Lipinski definition) is 2. The van der Waals surface area contributed by atoms with E-state index >= 15 is 0 Å². The Hall–Kier alpha value is -2.21. The Balaban J connectivity index is 1.92. The molecule has 1 aromatic heterocycles. The van der Waals surface area contributed by atoms with Gasteiger partial charge in [0.25, 0.3) is 0 Å². The molecule has 0 unspecified atom stereocenters. The number of nitrogens with two attached hydrogens (primary N) is 1. The quantitative estimate of drug-likeness (QED) is 0.815. The smallest absolute Gasteiger partial charge is 0.232 e. The second kappa shape index (κ2) is 5.92. The molecule has 0 atom stereocenters. The zero-order valence-electron chi connectivity index (χ0n) is 9.54. The molecule has 1 heterocycles. The van der Waals surface area contributed by atoms with Crippen LogP contribution in [0.1, 0.15) is 5.56 Å². The summed E-state index contributed by atoms with van der Waals surface area (Å²) in [7, 11) is 0. The van der Waals surface area contributed by atoms with Gasteiger partial charge in [-0.2, -0.15) is 0 Å². The average molecular weight is 260 g/mol. The fraction of sp³-hybridized carbons (Fsp3) is 0.0833. The van der Waals surface area contributed by atoms with Gasteiger partial charge < -0.3 is 15.8 Å². The largest absolute Gasteiger partial charge is 0.472 e. The summed E-state index contributed by atoms with van der Waals surface area (Å²) in [6.07, 6.45) is 3.03. The van der Waals surface area contributed by atoms with Gasteiger partial charge in [-0.15, -0.1) is 0 Å². The van der Waals surface area contributed by atoms with Crippen molar-refractivity contribution in [1.29, 1.82) is 0 Å². The van der Waals surface area contributed by atoms with E-state index < -0.39 is 0 Å². The van der Waals surface area contributed by atoms with E-state index in [0.29, 0.717) is 18.3 Å². The third-order valence-corrected chi connectivity index (χ3v) is 2.21. The van der Waals surface area contributed by atoms with Crippen LogP contribution in [-0.2, 0) is 6.61 Å². The van der Waals surface area contributed by atoms with Crippen molar-refractivity contribution in [3.8, 4) is 5.88 Å². The molecule has 5 nitrogen and oxygen atoms in total. The summed E-state index contributed by atoms with van der Waals surface area (Å²) in [5.74, 6) is 0.946. The number of hydrogen-bond acceptors (Lipinski definition) is 4. The molecule has 0 bridgehead atoms. The van der Waals surface area contributed by atoms with Gasteiger partial charge in [0.2, 0.25) is 5.88 Å². The maximum absolute atomic E-state index is 5.49. The van der Waals surface area contributed by atoms with Gasteiger partial charge in [-0.25, -0.2) is 9.97 Å². The highest BCUT2D eigenvalue weighted by Crippen LogP contribution is 2.09. The molecule has 2 aromatic rings. The molecule has 3 N–H and O–H groups in total. The summed E-state index contributed by atoms with van der Waals surface area (Å²) in [4.78, 5) is 8.15. The van der Waals surface area contributed by atoms with Crippen molar-refractivity contribution >= 4 is 23.1 Å². The predicted molar refractivity (Wildman–Crippen MR) is 73.2 cm³/mol. The number of nitrogens with zero attached hydrogens (tertiary/aromatic N) is 2. The van der Waals surface area contributed by atoms with Crippen LogP contribution >= 0.6 is 12.2 Å². The number of benzene rings is 1. The molecule has 0 radical (unpaired) electrons. The Morgan fingerprint density at radius 3 is 2.61 bits per heavy atom. The Morgan fingerprint density at radius 1 is 1.22 bits per heavy atom. The zero-order chi connectivity index (χ0) is 12.8.